The van der Waals surface area contributed by atoms with Gasteiger partial charge in [0, 0.05) is 13.0 Å². The van der Waals surface area contributed by atoms with E-state index >= 15 is 0 Å². The van der Waals surface area contributed by atoms with Crippen LogP contribution in [0.15, 0.2) is 0 Å². The molecule has 0 unspecified atom stereocenters. The molecule has 0 aliphatic heterocycles. The summed E-state index contributed by atoms with van der Waals surface area (Å²) in [6.07, 6.45) is 13.2. The maximum atomic E-state index is 10.6. The Balaban J connectivity index is 0.000000721. The number of rotatable bonds is 15. The zero-order valence-electron chi connectivity index (χ0n) is 17.3. The molecule has 2 aliphatic rings. The van der Waals surface area contributed by atoms with Gasteiger partial charge in [-0.25, -0.2) is 0 Å². The van der Waals surface area contributed by atoms with Gasteiger partial charge >= 0.3 is 0 Å². The lowest BCUT2D eigenvalue weighted by molar-refractivity contribution is -0.118. The van der Waals surface area contributed by atoms with Crippen molar-refractivity contribution in [2.45, 2.75) is 78.1 Å². The van der Waals surface area contributed by atoms with Crippen LogP contribution in [0.1, 0.15) is 78.1 Å². The highest BCUT2D eigenvalue weighted by atomic mass is 16.6. The highest BCUT2D eigenvalue weighted by Crippen LogP contribution is 2.15. The summed E-state index contributed by atoms with van der Waals surface area (Å²) in [4.78, 5) is 10.6. The third-order valence-corrected chi connectivity index (χ3v) is 3.71. The van der Waals surface area contributed by atoms with Gasteiger partial charge in [-0.05, 0) is 13.3 Å². The number of Topliss-reactive ketones (excluding diaryl/α,β-unsaturated/α-hetero) is 1. The lowest BCUT2D eigenvalue weighted by Crippen LogP contribution is -2.12. The summed E-state index contributed by atoms with van der Waals surface area (Å²) >= 11 is 0. The summed E-state index contributed by atoms with van der Waals surface area (Å²) in [5.74, 6) is 0.149. The molecule has 156 valence electrons. The molecule has 2 aliphatic carbocycles. The molecule has 0 atom stereocenters. The van der Waals surface area contributed by atoms with Gasteiger partial charge in [-0.2, -0.15) is 0 Å². The van der Waals surface area contributed by atoms with E-state index in [1.807, 2.05) is 0 Å². The fraction of sp³-hybridized carbons (Fsp3) is 0.952. The van der Waals surface area contributed by atoms with Crippen LogP contribution in [0.2, 0.25) is 0 Å². The SMILES string of the molecule is C1CC1.C1CCC1.CCCCOCCOCCOCCOCCC(C)=O. The Hall–Kier alpha value is -0.490. The van der Waals surface area contributed by atoms with Crippen LogP contribution in [0.5, 0.6) is 0 Å². The topological polar surface area (TPSA) is 54.0 Å². The quantitative estimate of drug-likeness (QED) is 0.393. The van der Waals surface area contributed by atoms with Gasteiger partial charge in [0.05, 0.1) is 46.2 Å². The van der Waals surface area contributed by atoms with Gasteiger partial charge in [-0.15, -0.1) is 0 Å². The second kappa shape index (κ2) is 22.6. The Bertz CT molecular complexity index is 271. The average molecular weight is 375 g/mol. The standard InChI is InChI=1S/C14H28O5.C4H8.C3H6/c1-3-4-6-16-8-10-18-12-13-19-11-9-17-7-5-14(2)15;1-2-4-3-1;1-2-3-1/h3-13H2,1-2H3;1-4H2;1-3H2. The molecule has 0 radical (unpaired) electrons. The summed E-state index contributed by atoms with van der Waals surface area (Å²) in [6, 6.07) is 0. The van der Waals surface area contributed by atoms with Gasteiger partial charge < -0.3 is 18.9 Å². The molecule has 5 nitrogen and oxygen atoms in total. The highest BCUT2D eigenvalue weighted by Gasteiger charge is 1.96. The predicted molar refractivity (Wildman–Crippen MR) is 106 cm³/mol. The van der Waals surface area contributed by atoms with Gasteiger partial charge in [0.15, 0.2) is 0 Å². The Morgan fingerprint density at radius 2 is 0.962 bits per heavy atom. The summed E-state index contributed by atoms with van der Waals surface area (Å²) in [6.45, 7) is 8.44. The molecule has 2 saturated carbocycles. The van der Waals surface area contributed by atoms with Crippen LogP contribution in [-0.2, 0) is 23.7 Å². The number of ketones is 1. The number of carbonyl (C=O) groups excluding carboxylic acids is 1. The molecular weight excluding hydrogens is 332 g/mol. The van der Waals surface area contributed by atoms with E-state index in [9.17, 15) is 4.79 Å². The first kappa shape index (κ1) is 25.5. The monoisotopic (exact) mass is 374 g/mol. The third kappa shape index (κ3) is 28.3. The van der Waals surface area contributed by atoms with Gasteiger partial charge in [-0.3, -0.25) is 4.79 Å². The molecule has 0 N–H and O–H groups in total. The van der Waals surface area contributed by atoms with E-state index in [2.05, 4.69) is 6.92 Å². The Labute approximate surface area is 161 Å². The summed E-state index contributed by atoms with van der Waals surface area (Å²) in [5, 5.41) is 0. The molecule has 0 saturated heterocycles. The number of hydrogen-bond donors (Lipinski definition) is 0. The van der Waals surface area contributed by atoms with E-state index in [-0.39, 0.29) is 5.78 Å². The van der Waals surface area contributed by atoms with Crippen LogP contribution in [0.3, 0.4) is 0 Å². The lowest BCUT2D eigenvalue weighted by Gasteiger charge is -2.07. The van der Waals surface area contributed by atoms with Crippen LogP contribution in [0.25, 0.3) is 0 Å². The molecule has 2 rings (SSSR count). The minimum Gasteiger partial charge on any atom is -0.379 e. The van der Waals surface area contributed by atoms with Gasteiger partial charge in [0.2, 0.25) is 0 Å². The van der Waals surface area contributed by atoms with E-state index in [1.165, 1.54) is 44.9 Å². The fourth-order valence-corrected chi connectivity index (χ4v) is 1.47. The minimum atomic E-state index is 0.149. The van der Waals surface area contributed by atoms with Crippen molar-refractivity contribution in [1.82, 2.24) is 0 Å². The first-order valence-electron chi connectivity index (χ1n) is 10.6. The first-order valence-corrected chi connectivity index (χ1v) is 10.6. The summed E-state index contributed by atoms with van der Waals surface area (Å²) in [5.41, 5.74) is 0. The van der Waals surface area contributed by atoms with E-state index in [0.717, 1.165) is 19.4 Å². The van der Waals surface area contributed by atoms with Crippen molar-refractivity contribution in [3.8, 4) is 0 Å². The second-order valence-electron chi connectivity index (χ2n) is 6.73. The number of unbranched alkanes of at least 4 members (excludes halogenated alkanes) is 1. The van der Waals surface area contributed by atoms with Crippen LogP contribution in [0, 0.1) is 0 Å². The van der Waals surface area contributed by atoms with E-state index < -0.39 is 0 Å². The molecular formula is C21H42O5. The minimum absolute atomic E-state index is 0.149. The maximum Gasteiger partial charge on any atom is 0.132 e. The lowest BCUT2D eigenvalue weighted by atomic mass is 10.0. The van der Waals surface area contributed by atoms with Crippen LogP contribution >= 0.6 is 0 Å². The van der Waals surface area contributed by atoms with Gasteiger partial charge in [0.1, 0.15) is 5.78 Å². The molecule has 0 aromatic rings. The molecule has 0 bridgehead atoms. The molecule has 0 spiro atoms. The number of hydrogen-bond acceptors (Lipinski definition) is 5. The van der Waals surface area contributed by atoms with Crippen molar-refractivity contribution in [1.29, 1.82) is 0 Å². The Kier molecular flexibility index (Phi) is 22.1. The predicted octanol–water partition coefficient (Wildman–Crippen LogP) is 4.56. The maximum absolute atomic E-state index is 10.6. The van der Waals surface area contributed by atoms with E-state index in [4.69, 9.17) is 18.9 Å². The smallest absolute Gasteiger partial charge is 0.132 e. The van der Waals surface area contributed by atoms with E-state index in [0.29, 0.717) is 52.7 Å². The molecule has 2 fully saturated rings. The highest BCUT2D eigenvalue weighted by molar-refractivity contribution is 5.75. The van der Waals surface area contributed by atoms with Crippen LogP contribution in [-0.4, -0.2) is 58.6 Å². The Morgan fingerprint density at radius 1 is 0.615 bits per heavy atom. The van der Waals surface area contributed by atoms with Crippen LogP contribution in [0.4, 0.5) is 0 Å². The van der Waals surface area contributed by atoms with Crippen molar-refractivity contribution in [3.63, 3.8) is 0 Å². The fourth-order valence-electron chi connectivity index (χ4n) is 1.47. The van der Waals surface area contributed by atoms with Crippen molar-refractivity contribution in [2.24, 2.45) is 0 Å². The second-order valence-corrected chi connectivity index (χ2v) is 6.73. The largest absolute Gasteiger partial charge is 0.379 e. The summed E-state index contributed by atoms with van der Waals surface area (Å²) in [7, 11) is 0. The summed E-state index contributed by atoms with van der Waals surface area (Å²) < 4.78 is 21.2. The molecule has 0 aromatic heterocycles. The average Bonchev–Trinajstić information content (AvgIpc) is 3.42. The van der Waals surface area contributed by atoms with Crippen molar-refractivity contribution in [2.75, 3.05) is 52.9 Å². The zero-order valence-corrected chi connectivity index (χ0v) is 17.3. The third-order valence-electron chi connectivity index (χ3n) is 3.71. The first-order chi connectivity index (χ1) is 12.8. The molecule has 26 heavy (non-hydrogen) atoms. The zero-order chi connectivity index (χ0) is 19.1. The molecule has 0 amide bonds. The molecule has 0 aromatic carbocycles. The number of ether oxygens (including phenoxy) is 4. The molecule has 0 heterocycles. The van der Waals surface area contributed by atoms with Crippen molar-refractivity contribution < 1.29 is 23.7 Å². The van der Waals surface area contributed by atoms with Gasteiger partial charge in [0.25, 0.3) is 0 Å². The molecule has 5 heteroatoms. The van der Waals surface area contributed by atoms with E-state index in [1.54, 1.807) is 6.92 Å². The number of carbonyl (C=O) groups is 1. The normalized spacial score (nSPS) is 14.4. The van der Waals surface area contributed by atoms with Gasteiger partial charge in [-0.1, -0.05) is 58.3 Å². The van der Waals surface area contributed by atoms with Crippen LogP contribution < -0.4 is 0 Å². The Morgan fingerprint density at radius 3 is 1.27 bits per heavy atom. The van der Waals surface area contributed by atoms with Crippen molar-refractivity contribution >= 4 is 5.78 Å². The van der Waals surface area contributed by atoms with Crippen molar-refractivity contribution in [3.05, 3.63) is 0 Å².